The maximum absolute atomic E-state index is 11.3. The number of hydrogen-bond donors (Lipinski definition) is 1. The summed E-state index contributed by atoms with van der Waals surface area (Å²) in [6.45, 7) is 0. The highest BCUT2D eigenvalue weighted by atomic mass is 16.5. The summed E-state index contributed by atoms with van der Waals surface area (Å²) < 4.78 is 0. The summed E-state index contributed by atoms with van der Waals surface area (Å²) in [6.07, 6.45) is -0.353. The molecular weight excluding hydrogens is 172 g/mol. The molecule has 2 rings (SSSR count). The molecular formula is C7H6N4O2-. The Labute approximate surface area is 74.0 Å². The first-order valence-electron chi connectivity index (χ1n) is 3.58. The maximum Gasteiger partial charge on any atom is 0.302 e. The lowest BCUT2D eigenvalue weighted by Crippen LogP contribution is -2.32. The largest absolute Gasteiger partial charge is 0.755 e. The highest BCUT2D eigenvalue weighted by Gasteiger charge is 2.24. The third-order valence-electron chi connectivity index (χ3n) is 1.71. The molecule has 6 heteroatoms. The number of hydroxylamine groups is 1. The van der Waals surface area contributed by atoms with Crippen molar-refractivity contribution in [2.24, 2.45) is 10.8 Å². The van der Waals surface area contributed by atoms with Crippen molar-refractivity contribution in [1.82, 2.24) is 0 Å². The van der Waals surface area contributed by atoms with Crippen molar-refractivity contribution >= 4 is 11.4 Å². The van der Waals surface area contributed by atoms with Gasteiger partial charge in [-0.2, -0.15) is 0 Å². The van der Waals surface area contributed by atoms with Crippen LogP contribution in [0.2, 0.25) is 0 Å². The molecule has 1 aromatic rings. The van der Waals surface area contributed by atoms with Crippen LogP contribution in [0.15, 0.2) is 29.4 Å². The molecule has 0 saturated carbocycles. The van der Waals surface area contributed by atoms with E-state index >= 15 is 0 Å². The smallest absolute Gasteiger partial charge is 0.302 e. The van der Waals surface area contributed by atoms with Crippen LogP contribution in [-0.4, -0.2) is 4.86 Å². The van der Waals surface area contributed by atoms with Crippen LogP contribution in [-0.2, 0) is 0 Å². The molecule has 0 saturated heterocycles. The molecule has 6 nitrogen and oxygen atoms in total. The molecule has 1 aliphatic rings. The summed E-state index contributed by atoms with van der Waals surface area (Å²) in [5.74, 6) is 0. The highest BCUT2D eigenvalue weighted by Crippen LogP contribution is 2.33. The monoisotopic (exact) mass is 178 g/mol. The average Bonchev–Trinajstić information content (AvgIpc) is 2.15. The van der Waals surface area contributed by atoms with Gasteiger partial charge in [0.2, 0.25) is 0 Å². The molecule has 1 radical (unpaired) electrons. The molecule has 0 atom stereocenters. The summed E-state index contributed by atoms with van der Waals surface area (Å²) in [6, 6.07) is 6.31. The third kappa shape index (κ3) is 1.12. The molecule has 0 bridgehead atoms. The van der Waals surface area contributed by atoms with Gasteiger partial charge in [0.1, 0.15) is 5.69 Å². The van der Waals surface area contributed by atoms with Gasteiger partial charge < -0.3 is 15.5 Å². The Hall–Kier alpha value is -1.66. The Balaban J connectivity index is 2.58. The summed E-state index contributed by atoms with van der Waals surface area (Å²) >= 11 is 0. The van der Waals surface area contributed by atoms with Crippen LogP contribution >= 0.6 is 0 Å². The van der Waals surface area contributed by atoms with E-state index in [4.69, 9.17) is 5.73 Å². The van der Waals surface area contributed by atoms with E-state index in [0.29, 0.717) is 9.92 Å². The van der Waals surface area contributed by atoms with Gasteiger partial charge in [-0.15, -0.1) is 0 Å². The Bertz CT molecular complexity index is 365. The van der Waals surface area contributed by atoms with Crippen LogP contribution < -0.4 is 10.8 Å². The molecule has 0 fully saturated rings. The van der Waals surface area contributed by atoms with Crippen molar-refractivity contribution in [2.75, 3.05) is 5.06 Å². The highest BCUT2D eigenvalue weighted by molar-refractivity contribution is 5.66. The van der Waals surface area contributed by atoms with Gasteiger partial charge in [-0.3, -0.25) is 5.73 Å². The number of rotatable bonds is 0. The SMILES string of the molecule is N[C]1N=[N+]([O-])c2ccccc2N1[O-]. The first-order chi connectivity index (χ1) is 6.20. The number of nitrogens with two attached hydrogens (primary N) is 1. The van der Waals surface area contributed by atoms with Crippen molar-refractivity contribution in [3.63, 3.8) is 0 Å². The number of anilines is 1. The first kappa shape index (κ1) is 7.96. The Morgan fingerprint density at radius 2 is 2.08 bits per heavy atom. The molecule has 1 aromatic carbocycles. The predicted molar refractivity (Wildman–Crippen MR) is 45.4 cm³/mol. The van der Waals surface area contributed by atoms with E-state index in [1.54, 1.807) is 12.1 Å². The van der Waals surface area contributed by atoms with Gasteiger partial charge in [0, 0.05) is 11.2 Å². The minimum Gasteiger partial charge on any atom is -0.755 e. The fourth-order valence-electron chi connectivity index (χ4n) is 1.11. The quantitative estimate of drug-likeness (QED) is 0.474. The van der Waals surface area contributed by atoms with Gasteiger partial charge in [-0.25, -0.2) is 0 Å². The fraction of sp³-hybridized carbons (Fsp3) is 0. The van der Waals surface area contributed by atoms with E-state index in [0.717, 1.165) is 0 Å². The van der Waals surface area contributed by atoms with Gasteiger partial charge in [-0.05, 0) is 10.9 Å². The van der Waals surface area contributed by atoms with Gasteiger partial charge in [-0.1, -0.05) is 12.1 Å². The zero-order valence-corrected chi connectivity index (χ0v) is 6.54. The summed E-state index contributed by atoms with van der Waals surface area (Å²) in [5, 5.41) is 26.1. The van der Waals surface area contributed by atoms with E-state index in [2.05, 4.69) is 5.11 Å². The molecule has 0 amide bonds. The number of benzene rings is 1. The Kier molecular flexibility index (Phi) is 1.64. The Morgan fingerprint density at radius 1 is 1.38 bits per heavy atom. The molecule has 13 heavy (non-hydrogen) atoms. The average molecular weight is 178 g/mol. The van der Waals surface area contributed by atoms with Gasteiger partial charge in [0.15, 0.2) is 0 Å². The number of fused-ring (bicyclic) bond motifs is 1. The van der Waals surface area contributed by atoms with Crippen molar-refractivity contribution in [3.05, 3.63) is 41.0 Å². The molecule has 2 N–H and O–H groups in total. The molecule has 1 heterocycles. The lowest BCUT2D eigenvalue weighted by atomic mass is 10.2. The molecule has 0 aromatic heterocycles. The molecule has 67 valence electrons. The molecule has 0 aliphatic carbocycles. The van der Waals surface area contributed by atoms with E-state index in [1.807, 2.05) is 0 Å². The lowest BCUT2D eigenvalue weighted by Gasteiger charge is -2.33. The van der Waals surface area contributed by atoms with Crippen molar-refractivity contribution in [1.29, 1.82) is 0 Å². The Morgan fingerprint density at radius 3 is 2.85 bits per heavy atom. The van der Waals surface area contributed by atoms with Crippen LogP contribution in [0.5, 0.6) is 0 Å². The lowest BCUT2D eigenvalue weighted by molar-refractivity contribution is -0.443. The van der Waals surface area contributed by atoms with Gasteiger partial charge in [0.05, 0.1) is 0 Å². The second kappa shape index (κ2) is 2.68. The normalized spacial score (nSPS) is 16.8. The van der Waals surface area contributed by atoms with Crippen LogP contribution in [0.1, 0.15) is 0 Å². The predicted octanol–water partition coefficient (Wildman–Crippen LogP) is 1.00. The number of azo groups is 1. The van der Waals surface area contributed by atoms with Crippen LogP contribution in [0, 0.1) is 16.7 Å². The van der Waals surface area contributed by atoms with Gasteiger partial charge in [0.25, 0.3) is 5.69 Å². The topological polar surface area (TPSA) is 90.7 Å². The first-order valence-corrected chi connectivity index (χ1v) is 3.58. The zero-order valence-electron chi connectivity index (χ0n) is 6.54. The van der Waals surface area contributed by atoms with Crippen molar-refractivity contribution in [3.8, 4) is 0 Å². The van der Waals surface area contributed by atoms with Crippen molar-refractivity contribution < 1.29 is 4.86 Å². The second-order valence-electron chi connectivity index (χ2n) is 2.51. The molecule has 0 unspecified atom stereocenters. The fourth-order valence-corrected chi connectivity index (χ4v) is 1.11. The number of hydrogen-bond acceptors (Lipinski definition) is 5. The van der Waals surface area contributed by atoms with Gasteiger partial charge >= 0.3 is 6.29 Å². The van der Waals surface area contributed by atoms with Crippen LogP contribution in [0.4, 0.5) is 11.4 Å². The second-order valence-corrected chi connectivity index (χ2v) is 2.51. The number of nitrogens with zero attached hydrogens (tertiary/aromatic N) is 3. The summed E-state index contributed by atoms with van der Waals surface area (Å²) in [4.78, 5) is 0.332. The molecule has 1 aliphatic heterocycles. The van der Waals surface area contributed by atoms with Crippen LogP contribution in [0.3, 0.4) is 0 Å². The number of para-hydroxylation sites is 2. The third-order valence-corrected chi connectivity index (χ3v) is 1.71. The minimum atomic E-state index is -0.353. The van der Waals surface area contributed by atoms with Crippen LogP contribution in [0.25, 0.3) is 0 Å². The van der Waals surface area contributed by atoms with E-state index in [1.165, 1.54) is 12.1 Å². The maximum atomic E-state index is 11.3. The molecule has 0 spiro atoms. The summed E-state index contributed by atoms with van der Waals surface area (Å²) in [7, 11) is 0. The summed E-state index contributed by atoms with van der Waals surface area (Å²) in [5.41, 5.74) is 5.62. The standard InChI is InChI=1S/C7H6N4O2/c8-7-9-11(13)6-4-2-1-3-5(6)10(7)12/h1-4H,8H2/q-1. The zero-order chi connectivity index (χ0) is 9.42. The minimum absolute atomic E-state index is 0.201. The van der Waals surface area contributed by atoms with Crippen molar-refractivity contribution in [2.45, 2.75) is 0 Å². The van der Waals surface area contributed by atoms with E-state index in [9.17, 15) is 10.4 Å². The van der Waals surface area contributed by atoms with E-state index in [-0.39, 0.29) is 17.7 Å². The van der Waals surface area contributed by atoms with E-state index < -0.39 is 0 Å².